The van der Waals surface area contributed by atoms with Crippen molar-refractivity contribution in [3.8, 4) is 0 Å². The minimum absolute atomic E-state index is 0. The Labute approximate surface area is 186 Å². The second-order valence-corrected chi connectivity index (χ2v) is 5.81. The lowest BCUT2D eigenvalue weighted by Crippen LogP contribution is -3.00. The van der Waals surface area contributed by atoms with E-state index in [0.717, 1.165) is 17.1 Å². The van der Waals surface area contributed by atoms with Crippen LogP contribution in [0.4, 0.5) is 17.1 Å². The minimum atomic E-state index is 0. The van der Waals surface area contributed by atoms with Crippen LogP contribution < -0.4 is 45.6 Å². The van der Waals surface area contributed by atoms with Crippen LogP contribution in [0.15, 0.2) is 97.3 Å². The quantitative estimate of drug-likeness (QED) is 0.320. The monoisotopic (exact) mass is 442 g/mol. The van der Waals surface area contributed by atoms with Gasteiger partial charge in [-0.05, 0) is 36.4 Å². The normalized spacial score (nSPS) is 11.8. The highest BCUT2D eigenvalue weighted by Crippen LogP contribution is 2.27. The van der Waals surface area contributed by atoms with Crippen LogP contribution in [0, 0.1) is 0 Å². The molecule has 0 aliphatic carbocycles. The molecule has 0 bridgehead atoms. The van der Waals surface area contributed by atoms with Crippen molar-refractivity contribution < 1.29 is 34.6 Å². The number of hydrazine groups is 3. The summed E-state index contributed by atoms with van der Waals surface area (Å²) in [5.74, 6) is 0. The SMILES string of the molecule is C1=[N+](c2ccccc2)N(c2ccccc2)N(c2ccccc2)N1.[Cl-].[Cl-].c1nn[nH][nH+]1. The molecule has 10 heteroatoms. The number of hydrogen-bond donors (Lipinski definition) is 2. The van der Waals surface area contributed by atoms with Crippen LogP contribution in [0.3, 0.4) is 0 Å². The third kappa shape index (κ3) is 5.25. The number of halogens is 2. The van der Waals surface area contributed by atoms with Crippen LogP contribution in [0.1, 0.15) is 0 Å². The van der Waals surface area contributed by atoms with E-state index in [1.165, 1.54) is 6.33 Å². The van der Waals surface area contributed by atoms with E-state index in [1.807, 2.05) is 66.1 Å². The number of benzene rings is 3. The van der Waals surface area contributed by atoms with Crippen LogP contribution in [0.5, 0.6) is 0 Å². The predicted octanol–water partition coefficient (Wildman–Crippen LogP) is -3.65. The van der Waals surface area contributed by atoms with E-state index >= 15 is 0 Å². The number of aromatic amines is 2. The molecule has 1 aromatic heterocycles. The summed E-state index contributed by atoms with van der Waals surface area (Å²) in [4.78, 5) is 0. The molecule has 1 aliphatic heterocycles. The summed E-state index contributed by atoms with van der Waals surface area (Å²) in [6, 6.07) is 30.8. The summed E-state index contributed by atoms with van der Waals surface area (Å²) in [5.41, 5.74) is 6.55. The van der Waals surface area contributed by atoms with Gasteiger partial charge in [0.15, 0.2) is 10.9 Å². The minimum Gasteiger partial charge on any atom is -1.00 e. The fourth-order valence-electron chi connectivity index (χ4n) is 2.78. The Morgan fingerprint density at radius 2 is 1.30 bits per heavy atom. The van der Waals surface area contributed by atoms with Crippen molar-refractivity contribution in [3.05, 3.63) is 97.3 Å². The van der Waals surface area contributed by atoms with Crippen molar-refractivity contribution in [2.75, 3.05) is 10.2 Å². The van der Waals surface area contributed by atoms with E-state index in [9.17, 15) is 0 Å². The van der Waals surface area contributed by atoms with Gasteiger partial charge in [-0.15, -0.1) is 4.68 Å². The van der Waals surface area contributed by atoms with Crippen molar-refractivity contribution in [2.24, 2.45) is 0 Å². The number of hydrazone groups is 1. The smallest absolute Gasteiger partial charge is 0.288 e. The van der Waals surface area contributed by atoms with E-state index in [2.05, 4.69) is 72.3 Å². The fraction of sp³-hybridized carbons (Fsp3) is 0. The zero-order chi connectivity index (χ0) is 19.0. The first kappa shape index (κ1) is 22.7. The van der Waals surface area contributed by atoms with Gasteiger partial charge in [-0.3, -0.25) is 0 Å². The second kappa shape index (κ2) is 11.4. The molecule has 3 N–H and O–H groups in total. The average Bonchev–Trinajstić information content (AvgIpc) is 3.49. The fourth-order valence-corrected chi connectivity index (χ4v) is 2.78. The lowest BCUT2D eigenvalue weighted by Gasteiger charge is -2.26. The zero-order valence-electron chi connectivity index (χ0n) is 15.8. The van der Waals surface area contributed by atoms with Gasteiger partial charge in [0, 0.05) is 0 Å². The lowest BCUT2D eigenvalue weighted by molar-refractivity contribution is -0.456. The molecule has 5 rings (SSSR count). The van der Waals surface area contributed by atoms with Gasteiger partial charge in [0.05, 0.1) is 0 Å². The van der Waals surface area contributed by atoms with Crippen LogP contribution >= 0.6 is 0 Å². The summed E-state index contributed by atoms with van der Waals surface area (Å²) >= 11 is 0. The molecule has 0 amide bonds. The van der Waals surface area contributed by atoms with Gasteiger partial charge < -0.3 is 24.8 Å². The summed E-state index contributed by atoms with van der Waals surface area (Å²) in [6.07, 6.45) is 3.41. The van der Waals surface area contributed by atoms with Crippen molar-refractivity contribution >= 4 is 23.4 Å². The second-order valence-electron chi connectivity index (χ2n) is 5.81. The molecule has 30 heavy (non-hydrogen) atoms. The molecular weight excluding hydrogens is 423 g/mol. The third-order valence-corrected chi connectivity index (χ3v) is 4.00. The molecule has 0 saturated heterocycles. The van der Waals surface area contributed by atoms with E-state index in [4.69, 9.17) is 0 Å². The molecule has 0 saturated carbocycles. The number of nitrogens with one attached hydrogen (secondary N) is 3. The number of tetrazole rings is 1. The highest BCUT2D eigenvalue weighted by molar-refractivity contribution is 5.66. The van der Waals surface area contributed by atoms with Crippen LogP contribution in [-0.4, -0.2) is 26.5 Å². The summed E-state index contributed by atoms with van der Waals surface area (Å²) in [5, 5.41) is 15.7. The first-order valence-electron chi connectivity index (χ1n) is 8.79. The topological polar surface area (TPSA) is 77.2 Å². The van der Waals surface area contributed by atoms with Gasteiger partial charge >= 0.3 is 0 Å². The summed E-state index contributed by atoms with van der Waals surface area (Å²) in [6.45, 7) is 0. The van der Waals surface area contributed by atoms with Gasteiger partial charge in [0.25, 0.3) is 12.7 Å². The molecule has 154 valence electrons. The van der Waals surface area contributed by atoms with Crippen molar-refractivity contribution in [1.82, 2.24) is 21.0 Å². The number of aromatic nitrogens is 4. The van der Waals surface area contributed by atoms with Crippen molar-refractivity contribution in [1.29, 1.82) is 0 Å². The third-order valence-electron chi connectivity index (χ3n) is 4.00. The van der Waals surface area contributed by atoms with Crippen LogP contribution in [-0.2, 0) is 0 Å². The highest BCUT2D eigenvalue weighted by atomic mass is 35.5. The summed E-state index contributed by atoms with van der Waals surface area (Å²) in [7, 11) is 0. The zero-order valence-corrected chi connectivity index (χ0v) is 17.3. The van der Waals surface area contributed by atoms with Gasteiger partial charge in [-0.25, -0.2) is 0 Å². The van der Waals surface area contributed by atoms with Gasteiger partial charge in [-0.1, -0.05) is 70.0 Å². The Morgan fingerprint density at radius 1 is 0.733 bits per heavy atom. The molecule has 0 radical (unpaired) electrons. The number of nitrogens with zero attached hydrogens (tertiary/aromatic N) is 5. The molecule has 8 nitrogen and oxygen atoms in total. The Morgan fingerprint density at radius 3 is 1.80 bits per heavy atom. The number of rotatable bonds is 3. The maximum absolute atomic E-state index is 3.36. The molecule has 0 unspecified atom stereocenters. The molecule has 0 fully saturated rings. The van der Waals surface area contributed by atoms with E-state index in [0.29, 0.717) is 0 Å². The largest absolute Gasteiger partial charge is 1.00 e. The van der Waals surface area contributed by atoms with Crippen LogP contribution in [0.25, 0.3) is 0 Å². The van der Waals surface area contributed by atoms with Gasteiger partial charge in [-0.2, -0.15) is 10.5 Å². The molecule has 4 aromatic rings. The highest BCUT2D eigenvalue weighted by Gasteiger charge is 2.32. The molecular formula is C20H20Cl2N8. The molecule has 2 heterocycles. The summed E-state index contributed by atoms with van der Waals surface area (Å²) < 4.78 is 2.09. The Bertz CT molecular complexity index is 982. The predicted molar refractivity (Wildman–Crippen MR) is 106 cm³/mol. The molecule has 0 spiro atoms. The lowest BCUT2D eigenvalue weighted by atomic mass is 10.3. The maximum atomic E-state index is 3.36. The number of anilines is 2. The van der Waals surface area contributed by atoms with Crippen molar-refractivity contribution in [2.45, 2.75) is 0 Å². The average molecular weight is 443 g/mol. The number of para-hydroxylation sites is 3. The Hall–Kier alpha value is -3.62. The molecule has 0 atom stereocenters. The van der Waals surface area contributed by atoms with E-state index < -0.39 is 0 Å². The van der Waals surface area contributed by atoms with E-state index in [-0.39, 0.29) is 24.8 Å². The Kier molecular flexibility index (Phi) is 8.61. The van der Waals surface area contributed by atoms with Crippen LogP contribution in [0.2, 0.25) is 0 Å². The molecule has 1 aliphatic rings. The first-order chi connectivity index (χ1) is 13.9. The molecule has 3 aromatic carbocycles. The van der Waals surface area contributed by atoms with Gasteiger partial charge in [0.2, 0.25) is 0 Å². The van der Waals surface area contributed by atoms with Gasteiger partial charge in [0.1, 0.15) is 16.5 Å². The maximum Gasteiger partial charge on any atom is 0.288 e. The number of H-pyrrole nitrogens is 2. The number of hydrogen-bond acceptors (Lipinski definition) is 5. The van der Waals surface area contributed by atoms with Crippen molar-refractivity contribution in [3.63, 3.8) is 0 Å². The first-order valence-corrected chi connectivity index (χ1v) is 8.79. The standard InChI is InChI=1S/C19H16N4.CH2N4.2ClH/c1-4-10-17(11-5-1)21-16-20-22(18-12-6-2-7-13-18)23(21)19-14-8-3-9-15-19;1-2-4-5-3-1;;/h1-16H;1H,(H,2,3,4,5);2*1H. The Balaban J connectivity index is 0.000000404. The van der Waals surface area contributed by atoms with E-state index in [1.54, 1.807) is 0 Å².